The molecule has 124 valence electrons. The van der Waals surface area contributed by atoms with Gasteiger partial charge in [-0.1, -0.05) is 49.4 Å². The minimum Gasteiger partial charge on any atom is -0.382 e. The molecule has 3 rings (SSSR count). The number of hydrogen-bond acceptors (Lipinski definition) is 3. The van der Waals surface area contributed by atoms with Gasteiger partial charge in [0, 0.05) is 18.0 Å². The highest BCUT2D eigenvalue weighted by atomic mass is 19.1. The molecule has 1 fully saturated rings. The number of rotatable bonds is 3. The van der Waals surface area contributed by atoms with Crippen molar-refractivity contribution in [3.63, 3.8) is 0 Å². The Morgan fingerprint density at radius 3 is 2.65 bits per heavy atom. The van der Waals surface area contributed by atoms with Crippen LogP contribution in [0.2, 0.25) is 0 Å². The summed E-state index contributed by atoms with van der Waals surface area (Å²) in [5, 5.41) is 7.07. The molecular weight excluding hydrogens is 295 g/mol. The average Bonchev–Trinajstić information content (AvgIpc) is 3.00. The fourth-order valence-electron chi connectivity index (χ4n) is 3.25. The van der Waals surface area contributed by atoms with E-state index >= 15 is 0 Å². The summed E-state index contributed by atoms with van der Waals surface area (Å²) < 4.78 is 13.3. The van der Waals surface area contributed by atoms with Gasteiger partial charge in [0.25, 0.3) is 5.91 Å². The number of hydrogen-bond donors (Lipinski definition) is 1. The summed E-state index contributed by atoms with van der Waals surface area (Å²) >= 11 is 0. The maximum Gasteiger partial charge on any atom is 0.264 e. The van der Waals surface area contributed by atoms with Crippen LogP contribution in [0.3, 0.4) is 0 Å². The highest BCUT2D eigenvalue weighted by Crippen LogP contribution is 2.20. The second-order valence-electron chi connectivity index (χ2n) is 6.40. The summed E-state index contributed by atoms with van der Waals surface area (Å²) in [6.45, 7) is 0. The summed E-state index contributed by atoms with van der Waals surface area (Å²) in [6, 6.07) is 6.45. The van der Waals surface area contributed by atoms with E-state index in [0.29, 0.717) is 17.7 Å². The molecular formula is C18H23FN2O2. The fourth-order valence-corrected chi connectivity index (χ4v) is 3.25. The third-order valence-corrected chi connectivity index (χ3v) is 4.57. The van der Waals surface area contributed by atoms with Crippen molar-refractivity contribution >= 4 is 11.6 Å². The van der Waals surface area contributed by atoms with Crippen LogP contribution in [-0.4, -0.2) is 23.8 Å². The Bertz CT molecular complexity index is 580. The highest BCUT2D eigenvalue weighted by molar-refractivity contribution is 6.04. The van der Waals surface area contributed by atoms with E-state index in [-0.39, 0.29) is 17.8 Å². The Balaban J connectivity index is 1.53. The van der Waals surface area contributed by atoms with E-state index in [4.69, 9.17) is 4.84 Å². The van der Waals surface area contributed by atoms with Gasteiger partial charge in [-0.25, -0.2) is 4.39 Å². The highest BCUT2D eigenvalue weighted by Gasteiger charge is 2.30. The zero-order valence-electron chi connectivity index (χ0n) is 13.3. The lowest BCUT2D eigenvalue weighted by Crippen LogP contribution is -2.41. The lowest BCUT2D eigenvalue weighted by Gasteiger charge is -2.22. The van der Waals surface area contributed by atoms with Crippen LogP contribution in [0.1, 0.15) is 56.9 Å². The first-order valence-electron chi connectivity index (χ1n) is 8.51. The molecule has 1 atom stereocenters. The van der Waals surface area contributed by atoms with Crippen molar-refractivity contribution in [3.8, 4) is 0 Å². The topological polar surface area (TPSA) is 50.7 Å². The molecule has 1 heterocycles. The predicted octanol–water partition coefficient (Wildman–Crippen LogP) is 3.55. The maximum absolute atomic E-state index is 13.3. The number of carbonyl (C=O) groups excluding carboxylic acids is 1. The third kappa shape index (κ3) is 4.30. The summed E-state index contributed by atoms with van der Waals surface area (Å²) in [6.07, 6.45) is 8.01. The Morgan fingerprint density at radius 2 is 1.91 bits per heavy atom. The second-order valence-corrected chi connectivity index (χ2v) is 6.40. The summed E-state index contributed by atoms with van der Waals surface area (Å²) in [5.74, 6) is -0.418. The lowest BCUT2D eigenvalue weighted by molar-refractivity contribution is -0.132. The molecule has 0 spiro atoms. The molecule has 23 heavy (non-hydrogen) atoms. The van der Waals surface area contributed by atoms with Gasteiger partial charge in [0.15, 0.2) is 0 Å². The fraction of sp³-hybridized carbons (Fsp3) is 0.556. The Hall–Kier alpha value is -1.91. The van der Waals surface area contributed by atoms with E-state index in [2.05, 4.69) is 10.5 Å². The van der Waals surface area contributed by atoms with E-state index in [1.807, 2.05) is 0 Å². The van der Waals surface area contributed by atoms with Crippen molar-refractivity contribution < 1.29 is 14.0 Å². The van der Waals surface area contributed by atoms with Gasteiger partial charge in [0.2, 0.25) is 6.10 Å². The van der Waals surface area contributed by atoms with Gasteiger partial charge in [0.1, 0.15) is 5.82 Å². The zero-order valence-corrected chi connectivity index (χ0v) is 13.3. The van der Waals surface area contributed by atoms with Crippen molar-refractivity contribution in [2.45, 2.75) is 63.5 Å². The van der Waals surface area contributed by atoms with Gasteiger partial charge in [0.05, 0.1) is 5.71 Å². The minimum atomic E-state index is -0.598. The van der Waals surface area contributed by atoms with Crippen molar-refractivity contribution in [2.75, 3.05) is 0 Å². The molecule has 0 saturated heterocycles. The molecule has 0 aromatic heterocycles. The molecule has 5 heteroatoms. The first-order chi connectivity index (χ1) is 11.2. The molecule has 1 aromatic carbocycles. The minimum absolute atomic E-state index is 0.106. The SMILES string of the molecule is O=C(NC1CCCCCCC1)C1CC(c2cccc(F)c2)=NO1. The van der Waals surface area contributed by atoms with Gasteiger partial charge in [-0.05, 0) is 25.0 Å². The lowest BCUT2D eigenvalue weighted by atomic mass is 9.96. The van der Waals surface area contributed by atoms with E-state index < -0.39 is 6.10 Å². The van der Waals surface area contributed by atoms with Crippen LogP contribution in [0.25, 0.3) is 0 Å². The van der Waals surface area contributed by atoms with Crippen LogP contribution < -0.4 is 5.32 Å². The van der Waals surface area contributed by atoms with Gasteiger partial charge in [-0.2, -0.15) is 0 Å². The molecule has 1 unspecified atom stereocenters. The molecule has 0 bridgehead atoms. The van der Waals surface area contributed by atoms with Crippen LogP contribution in [0, 0.1) is 5.82 Å². The van der Waals surface area contributed by atoms with Crippen molar-refractivity contribution in [1.82, 2.24) is 5.32 Å². The first kappa shape index (κ1) is 16.0. The molecule has 1 N–H and O–H groups in total. The molecule has 1 aliphatic heterocycles. The smallest absolute Gasteiger partial charge is 0.264 e. The molecule has 1 aromatic rings. The van der Waals surface area contributed by atoms with Crippen LogP contribution in [0.4, 0.5) is 4.39 Å². The molecule has 0 radical (unpaired) electrons. The van der Waals surface area contributed by atoms with Crippen LogP contribution in [0.15, 0.2) is 29.4 Å². The molecule has 1 amide bonds. The van der Waals surface area contributed by atoms with Gasteiger partial charge < -0.3 is 10.2 Å². The van der Waals surface area contributed by atoms with Crippen molar-refractivity contribution in [1.29, 1.82) is 0 Å². The number of nitrogens with zero attached hydrogens (tertiary/aromatic N) is 1. The first-order valence-corrected chi connectivity index (χ1v) is 8.51. The predicted molar refractivity (Wildman–Crippen MR) is 86.7 cm³/mol. The third-order valence-electron chi connectivity index (χ3n) is 4.57. The second kappa shape index (κ2) is 7.57. The van der Waals surface area contributed by atoms with Crippen LogP contribution in [0.5, 0.6) is 0 Å². The molecule has 1 saturated carbocycles. The molecule has 1 aliphatic carbocycles. The number of amides is 1. The summed E-state index contributed by atoms with van der Waals surface area (Å²) in [4.78, 5) is 17.6. The number of carbonyl (C=O) groups is 1. The Labute approximate surface area is 136 Å². The van der Waals surface area contributed by atoms with Crippen LogP contribution >= 0.6 is 0 Å². The van der Waals surface area contributed by atoms with E-state index in [1.165, 1.54) is 44.2 Å². The summed E-state index contributed by atoms with van der Waals surface area (Å²) in [7, 11) is 0. The quantitative estimate of drug-likeness (QED) is 0.926. The molecule has 2 aliphatic rings. The Morgan fingerprint density at radius 1 is 1.17 bits per heavy atom. The van der Waals surface area contributed by atoms with Crippen LogP contribution in [-0.2, 0) is 9.63 Å². The Kier molecular flexibility index (Phi) is 5.26. The summed E-state index contributed by atoms with van der Waals surface area (Å²) in [5.41, 5.74) is 1.30. The number of nitrogens with one attached hydrogen (secondary N) is 1. The van der Waals surface area contributed by atoms with Crippen molar-refractivity contribution in [2.24, 2.45) is 5.16 Å². The largest absolute Gasteiger partial charge is 0.382 e. The average molecular weight is 318 g/mol. The number of halogens is 1. The molecule has 4 nitrogen and oxygen atoms in total. The van der Waals surface area contributed by atoms with E-state index in [0.717, 1.165) is 12.8 Å². The van der Waals surface area contributed by atoms with Gasteiger partial charge in [-0.15, -0.1) is 0 Å². The van der Waals surface area contributed by atoms with E-state index in [1.54, 1.807) is 12.1 Å². The van der Waals surface area contributed by atoms with Crippen molar-refractivity contribution in [3.05, 3.63) is 35.6 Å². The normalized spacial score (nSPS) is 22.7. The monoisotopic (exact) mass is 318 g/mol. The number of benzene rings is 1. The number of oxime groups is 1. The van der Waals surface area contributed by atoms with E-state index in [9.17, 15) is 9.18 Å². The van der Waals surface area contributed by atoms with Gasteiger partial charge in [-0.3, -0.25) is 4.79 Å². The zero-order chi connectivity index (χ0) is 16.1. The van der Waals surface area contributed by atoms with Gasteiger partial charge >= 0.3 is 0 Å². The maximum atomic E-state index is 13.3. The standard InChI is InChI=1S/C18H23FN2O2/c19-14-8-6-7-13(11-14)16-12-17(23-21-16)18(22)20-15-9-4-2-1-3-5-10-15/h6-8,11,15,17H,1-5,9-10,12H2,(H,20,22).